The van der Waals surface area contributed by atoms with Crippen LogP contribution in [0.25, 0.3) is 0 Å². The predicted molar refractivity (Wildman–Crippen MR) is 86.8 cm³/mol. The number of halogens is 1. The van der Waals surface area contributed by atoms with Crippen LogP contribution < -0.4 is 0 Å². The molecular formula is C16H18FN3O4S. The quantitative estimate of drug-likeness (QED) is 0.867. The summed E-state index contributed by atoms with van der Waals surface area (Å²) < 4.78 is 42.4. The Morgan fingerprint density at radius 1 is 1.28 bits per heavy atom. The second-order valence-corrected chi connectivity index (χ2v) is 7.77. The van der Waals surface area contributed by atoms with Crippen molar-refractivity contribution in [2.45, 2.75) is 37.2 Å². The fourth-order valence-electron chi connectivity index (χ4n) is 2.85. The zero-order chi connectivity index (χ0) is 18.0. The molecule has 0 spiro atoms. The van der Waals surface area contributed by atoms with Gasteiger partial charge in [-0.05, 0) is 24.6 Å². The third-order valence-electron chi connectivity index (χ3n) is 4.08. The van der Waals surface area contributed by atoms with Crippen LogP contribution in [-0.4, -0.2) is 40.1 Å². The van der Waals surface area contributed by atoms with E-state index in [0.29, 0.717) is 24.4 Å². The first-order valence-corrected chi connectivity index (χ1v) is 9.34. The summed E-state index contributed by atoms with van der Waals surface area (Å²) in [4.78, 5) is 10.3. The standard InChI is InChI=1S/C16H18FN3O4S/c17-14-4-1-2-5-15(14)25(23,24)19-8-3-9-20-13(11-19)10-12(18-20)6-7-16(21)22/h1-2,4-5,10H,3,6-9,11H2,(H,21,22). The molecule has 0 saturated heterocycles. The monoisotopic (exact) mass is 367 g/mol. The van der Waals surface area contributed by atoms with Crippen molar-refractivity contribution in [1.82, 2.24) is 14.1 Å². The van der Waals surface area contributed by atoms with Crippen LogP contribution in [-0.2, 0) is 34.3 Å². The lowest BCUT2D eigenvalue weighted by Crippen LogP contribution is -2.31. The Morgan fingerprint density at radius 3 is 2.76 bits per heavy atom. The number of carboxylic acid groups (broad SMARTS) is 1. The lowest BCUT2D eigenvalue weighted by Gasteiger charge is -2.19. The molecule has 1 aliphatic rings. The molecule has 3 rings (SSSR count). The van der Waals surface area contributed by atoms with E-state index in [4.69, 9.17) is 5.11 Å². The maximum absolute atomic E-state index is 13.9. The Hall–Kier alpha value is -2.26. The molecule has 2 aromatic rings. The molecule has 0 fully saturated rings. The van der Waals surface area contributed by atoms with Crippen molar-refractivity contribution >= 4 is 16.0 Å². The number of rotatable bonds is 5. The van der Waals surface area contributed by atoms with Gasteiger partial charge in [-0.25, -0.2) is 12.8 Å². The number of nitrogens with zero attached hydrogens (tertiary/aromatic N) is 3. The Morgan fingerprint density at radius 2 is 2.04 bits per heavy atom. The topological polar surface area (TPSA) is 92.5 Å². The third kappa shape index (κ3) is 3.72. The van der Waals surface area contributed by atoms with Gasteiger partial charge in [0.25, 0.3) is 0 Å². The number of aryl methyl sites for hydroxylation is 2. The molecule has 0 aliphatic carbocycles. The molecular weight excluding hydrogens is 349 g/mol. The number of aromatic nitrogens is 2. The van der Waals surface area contributed by atoms with E-state index in [9.17, 15) is 17.6 Å². The van der Waals surface area contributed by atoms with Crippen molar-refractivity contribution in [3.63, 3.8) is 0 Å². The Kier molecular flexibility index (Phi) is 4.87. The van der Waals surface area contributed by atoms with Crippen LogP contribution >= 0.6 is 0 Å². The Balaban J connectivity index is 1.86. The second kappa shape index (κ2) is 6.93. The molecule has 134 valence electrons. The fourth-order valence-corrected chi connectivity index (χ4v) is 4.36. The highest BCUT2D eigenvalue weighted by Gasteiger charge is 2.29. The zero-order valence-corrected chi connectivity index (χ0v) is 14.2. The summed E-state index contributed by atoms with van der Waals surface area (Å²) in [6, 6.07) is 7.03. The minimum absolute atomic E-state index is 0.0340. The lowest BCUT2D eigenvalue weighted by molar-refractivity contribution is -0.136. The number of benzene rings is 1. The largest absolute Gasteiger partial charge is 0.481 e. The maximum atomic E-state index is 13.9. The number of fused-ring (bicyclic) bond motifs is 1. The van der Waals surface area contributed by atoms with E-state index in [0.717, 1.165) is 6.07 Å². The first kappa shape index (κ1) is 17.6. The van der Waals surface area contributed by atoms with Crippen LogP contribution in [0.5, 0.6) is 0 Å². The molecule has 1 N–H and O–H groups in total. The molecule has 0 radical (unpaired) electrons. The van der Waals surface area contributed by atoms with Crippen molar-refractivity contribution in [3.05, 3.63) is 47.5 Å². The highest BCUT2D eigenvalue weighted by atomic mass is 32.2. The summed E-state index contributed by atoms with van der Waals surface area (Å²) in [7, 11) is -3.95. The smallest absolute Gasteiger partial charge is 0.303 e. The molecule has 0 bridgehead atoms. The van der Waals surface area contributed by atoms with Crippen LogP contribution in [0.1, 0.15) is 24.2 Å². The van der Waals surface area contributed by atoms with E-state index < -0.39 is 21.8 Å². The van der Waals surface area contributed by atoms with Crippen LogP contribution in [0.3, 0.4) is 0 Å². The van der Waals surface area contributed by atoms with Crippen LogP contribution in [0, 0.1) is 5.82 Å². The van der Waals surface area contributed by atoms with Gasteiger partial charge in [-0.15, -0.1) is 0 Å². The Bertz CT molecular complexity index is 895. The first-order chi connectivity index (χ1) is 11.9. The van der Waals surface area contributed by atoms with Crippen molar-refractivity contribution in [1.29, 1.82) is 0 Å². The van der Waals surface area contributed by atoms with E-state index in [2.05, 4.69) is 5.10 Å². The summed E-state index contributed by atoms with van der Waals surface area (Å²) in [6.07, 6.45) is 0.795. The van der Waals surface area contributed by atoms with Gasteiger partial charge in [0, 0.05) is 19.5 Å². The molecule has 25 heavy (non-hydrogen) atoms. The summed E-state index contributed by atoms with van der Waals surface area (Å²) in [5.41, 5.74) is 1.29. The van der Waals surface area contributed by atoms with Gasteiger partial charge >= 0.3 is 5.97 Å². The predicted octanol–water partition coefficient (Wildman–Crippen LogP) is 1.63. The summed E-state index contributed by atoms with van der Waals surface area (Å²) in [5.74, 6) is -1.69. The minimum Gasteiger partial charge on any atom is -0.481 e. The zero-order valence-electron chi connectivity index (χ0n) is 13.4. The summed E-state index contributed by atoms with van der Waals surface area (Å²) in [5, 5.41) is 13.1. The average molecular weight is 367 g/mol. The fraction of sp³-hybridized carbons (Fsp3) is 0.375. The number of carbonyl (C=O) groups is 1. The highest BCUT2D eigenvalue weighted by Crippen LogP contribution is 2.24. The van der Waals surface area contributed by atoms with Gasteiger partial charge in [0.2, 0.25) is 10.0 Å². The molecule has 0 unspecified atom stereocenters. The van der Waals surface area contributed by atoms with Crippen LogP contribution in [0.2, 0.25) is 0 Å². The first-order valence-electron chi connectivity index (χ1n) is 7.90. The van der Waals surface area contributed by atoms with Crippen molar-refractivity contribution in [2.24, 2.45) is 0 Å². The number of hydrogen-bond donors (Lipinski definition) is 1. The van der Waals surface area contributed by atoms with Gasteiger partial charge in [0.05, 0.1) is 24.4 Å². The number of aliphatic carboxylic acids is 1. The van der Waals surface area contributed by atoms with Crippen molar-refractivity contribution in [2.75, 3.05) is 6.54 Å². The molecule has 2 heterocycles. The second-order valence-electron chi connectivity index (χ2n) is 5.87. The highest BCUT2D eigenvalue weighted by molar-refractivity contribution is 7.89. The average Bonchev–Trinajstić information content (AvgIpc) is 2.83. The molecule has 1 aromatic heterocycles. The van der Waals surface area contributed by atoms with Crippen LogP contribution in [0.15, 0.2) is 35.2 Å². The molecule has 1 aromatic carbocycles. The molecule has 0 amide bonds. The van der Waals surface area contributed by atoms with Crippen LogP contribution in [0.4, 0.5) is 4.39 Å². The number of sulfonamides is 1. The maximum Gasteiger partial charge on any atom is 0.303 e. The molecule has 1 aliphatic heterocycles. The lowest BCUT2D eigenvalue weighted by atomic mass is 10.2. The van der Waals surface area contributed by atoms with Crippen molar-refractivity contribution < 1.29 is 22.7 Å². The van der Waals surface area contributed by atoms with Gasteiger partial charge < -0.3 is 5.11 Å². The molecule has 9 heteroatoms. The van der Waals surface area contributed by atoms with Gasteiger partial charge in [0.1, 0.15) is 10.7 Å². The Labute approximate surface area is 144 Å². The molecule has 7 nitrogen and oxygen atoms in total. The molecule has 0 saturated carbocycles. The van der Waals surface area contributed by atoms with Crippen molar-refractivity contribution in [3.8, 4) is 0 Å². The van der Waals surface area contributed by atoms with E-state index in [1.54, 1.807) is 10.7 Å². The third-order valence-corrected chi connectivity index (χ3v) is 5.96. The minimum atomic E-state index is -3.95. The van der Waals surface area contributed by atoms with Gasteiger partial charge in [0.15, 0.2) is 0 Å². The van der Waals surface area contributed by atoms with E-state index in [1.807, 2.05) is 0 Å². The van der Waals surface area contributed by atoms with E-state index >= 15 is 0 Å². The van der Waals surface area contributed by atoms with Gasteiger partial charge in [-0.1, -0.05) is 12.1 Å². The summed E-state index contributed by atoms with van der Waals surface area (Å²) >= 11 is 0. The van der Waals surface area contributed by atoms with Gasteiger partial charge in [-0.3, -0.25) is 9.48 Å². The number of carboxylic acids is 1. The number of hydrogen-bond acceptors (Lipinski definition) is 4. The van der Waals surface area contributed by atoms with E-state index in [1.165, 1.54) is 22.5 Å². The van der Waals surface area contributed by atoms with E-state index in [-0.39, 0.29) is 30.8 Å². The normalized spacial score (nSPS) is 15.6. The molecule has 0 atom stereocenters. The SMILES string of the molecule is O=C(O)CCc1cc2n(n1)CCCN(S(=O)(=O)c1ccccc1F)C2. The van der Waals surface area contributed by atoms with Gasteiger partial charge in [-0.2, -0.15) is 9.40 Å². The summed E-state index contributed by atoms with van der Waals surface area (Å²) in [6.45, 7) is 0.882.